The molecule has 0 bridgehead atoms. The molecule has 0 spiro atoms. The van der Waals surface area contributed by atoms with E-state index in [0.29, 0.717) is 22.8 Å². The normalized spacial score (nSPS) is 11.4. The Labute approximate surface area is 221 Å². The first-order chi connectivity index (χ1) is 18.2. The van der Waals surface area contributed by atoms with Crippen molar-refractivity contribution in [1.82, 2.24) is 24.5 Å². The molecule has 0 aliphatic heterocycles. The number of nitrogens with zero attached hydrogens (tertiary/aromatic N) is 5. The van der Waals surface area contributed by atoms with Gasteiger partial charge in [0.25, 0.3) is 0 Å². The van der Waals surface area contributed by atoms with Crippen LogP contribution in [0.1, 0.15) is 31.4 Å². The minimum atomic E-state index is -0.704. The smallest absolute Gasteiger partial charge is 0.227 e. The first-order valence-electron chi connectivity index (χ1n) is 11.7. The Morgan fingerprint density at radius 1 is 1.00 bits per heavy atom. The van der Waals surface area contributed by atoms with E-state index in [-0.39, 0.29) is 46.1 Å². The summed E-state index contributed by atoms with van der Waals surface area (Å²) in [6.45, 7) is 5.62. The molecule has 38 heavy (non-hydrogen) atoms. The van der Waals surface area contributed by atoms with Crippen LogP contribution in [-0.4, -0.2) is 24.5 Å². The number of fused-ring (bicyclic) bond motifs is 1. The fourth-order valence-electron chi connectivity index (χ4n) is 4.18. The third-order valence-corrected chi connectivity index (χ3v) is 6.14. The van der Waals surface area contributed by atoms with Crippen molar-refractivity contribution >= 4 is 34.3 Å². The molecule has 5 aromatic rings. The molecule has 0 aliphatic rings. The Balaban J connectivity index is 1.40. The number of imidazole rings is 1. The zero-order chi connectivity index (χ0) is 27.0. The minimum absolute atomic E-state index is 0.0294. The van der Waals surface area contributed by atoms with E-state index in [4.69, 9.17) is 16.3 Å². The highest BCUT2D eigenvalue weighted by molar-refractivity contribution is 6.32. The molecule has 1 N–H and O–H groups in total. The number of pyridine rings is 1. The van der Waals surface area contributed by atoms with Crippen molar-refractivity contribution in [2.75, 3.05) is 5.32 Å². The zero-order valence-electron chi connectivity index (χ0n) is 20.6. The van der Waals surface area contributed by atoms with Gasteiger partial charge in [0.15, 0.2) is 11.6 Å². The van der Waals surface area contributed by atoms with Crippen molar-refractivity contribution in [1.29, 1.82) is 0 Å². The van der Waals surface area contributed by atoms with Crippen LogP contribution >= 0.6 is 11.6 Å². The predicted molar refractivity (Wildman–Crippen MR) is 139 cm³/mol. The number of hydrogen-bond donors (Lipinski definition) is 1. The second-order valence-corrected chi connectivity index (χ2v) is 9.24. The van der Waals surface area contributed by atoms with E-state index in [1.807, 2.05) is 18.4 Å². The lowest BCUT2D eigenvalue weighted by Gasteiger charge is -2.13. The fourth-order valence-corrected chi connectivity index (χ4v) is 4.42. The number of aromatic nitrogens is 5. The van der Waals surface area contributed by atoms with Crippen LogP contribution < -0.4 is 10.1 Å². The fraction of sp³-hybridized carbons (Fsp3) is 0.185. The molecule has 0 unspecified atom stereocenters. The van der Waals surface area contributed by atoms with Gasteiger partial charge in [-0.1, -0.05) is 11.6 Å². The summed E-state index contributed by atoms with van der Waals surface area (Å²) in [6.07, 6.45) is 2.48. The Bertz CT molecular complexity index is 1660. The molecule has 0 fully saturated rings. The third-order valence-electron chi connectivity index (χ3n) is 5.85. The maximum absolute atomic E-state index is 14.9. The number of benzene rings is 2. The average molecular weight is 539 g/mol. The average Bonchev–Trinajstić information content (AvgIpc) is 3.22. The van der Waals surface area contributed by atoms with Crippen LogP contribution in [0.3, 0.4) is 0 Å². The van der Waals surface area contributed by atoms with Crippen LogP contribution in [0.4, 0.5) is 24.8 Å². The largest absolute Gasteiger partial charge is 0.486 e. The molecular weight excluding hydrogens is 517 g/mol. The lowest BCUT2D eigenvalue weighted by molar-refractivity contribution is 0.294. The molecule has 0 amide bonds. The number of rotatable bonds is 7. The first-order valence-corrected chi connectivity index (χ1v) is 12.1. The quantitative estimate of drug-likeness (QED) is 0.237. The van der Waals surface area contributed by atoms with Crippen LogP contribution in [0.5, 0.6) is 5.75 Å². The zero-order valence-corrected chi connectivity index (χ0v) is 21.4. The number of aryl methyl sites for hydroxylation is 1. The maximum Gasteiger partial charge on any atom is 0.227 e. The van der Waals surface area contributed by atoms with Crippen molar-refractivity contribution in [2.45, 2.75) is 33.4 Å². The highest BCUT2D eigenvalue weighted by atomic mass is 35.5. The monoisotopic (exact) mass is 538 g/mol. The highest BCUT2D eigenvalue weighted by Gasteiger charge is 2.18. The molecule has 0 radical (unpaired) electrons. The van der Waals surface area contributed by atoms with Crippen LogP contribution in [-0.2, 0) is 6.61 Å². The van der Waals surface area contributed by atoms with Gasteiger partial charge in [0, 0.05) is 23.5 Å². The van der Waals surface area contributed by atoms with E-state index in [1.165, 1.54) is 24.4 Å². The Morgan fingerprint density at radius 2 is 1.82 bits per heavy atom. The van der Waals surface area contributed by atoms with E-state index in [9.17, 15) is 13.2 Å². The van der Waals surface area contributed by atoms with Gasteiger partial charge >= 0.3 is 0 Å². The summed E-state index contributed by atoms with van der Waals surface area (Å²) in [4.78, 5) is 16.5. The molecule has 5 rings (SSSR count). The molecular formula is C27H22ClF3N6O. The van der Waals surface area contributed by atoms with E-state index >= 15 is 0 Å². The number of ether oxygens (including phenoxy) is 1. The van der Waals surface area contributed by atoms with E-state index in [2.05, 4.69) is 25.3 Å². The summed E-state index contributed by atoms with van der Waals surface area (Å²) in [5.41, 5.74) is 1.60. The highest BCUT2D eigenvalue weighted by Crippen LogP contribution is 2.32. The maximum atomic E-state index is 14.9. The van der Waals surface area contributed by atoms with Gasteiger partial charge < -0.3 is 14.6 Å². The first kappa shape index (κ1) is 25.5. The van der Waals surface area contributed by atoms with E-state index in [1.54, 1.807) is 31.2 Å². The second kappa shape index (κ2) is 10.3. The van der Waals surface area contributed by atoms with E-state index < -0.39 is 17.5 Å². The number of anilines is 2. The number of hydrogen-bond acceptors (Lipinski definition) is 6. The molecule has 3 aromatic heterocycles. The van der Waals surface area contributed by atoms with Crippen LogP contribution in [0.25, 0.3) is 22.3 Å². The standard InChI is InChI=1S/C27H22ClF3N6O/c1-14(2)37-15(3)34-26-20(30)9-16(10-23(26)37)25-21(31)12-33-27(36-25)35-17-6-7-24(18(28)11-17)38-13-22-19(29)5-4-8-32-22/h4-12,14H,13H2,1-3H3,(H,33,35,36). The van der Waals surface area contributed by atoms with Crippen molar-refractivity contribution in [2.24, 2.45) is 0 Å². The molecule has 0 aliphatic carbocycles. The summed E-state index contributed by atoms with van der Waals surface area (Å²) < 4.78 is 51.0. The topological polar surface area (TPSA) is 77.8 Å². The van der Waals surface area contributed by atoms with Crippen LogP contribution in [0.15, 0.2) is 54.9 Å². The molecule has 0 saturated carbocycles. The summed E-state index contributed by atoms with van der Waals surface area (Å²) in [5.74, 6) is -0.690. The van der Waals surface area contributed by atoms with Crippen molar-refractivity contribution in [3.8, 4) is 17.0 Å². The van der Waals surface area contributed by atoms with Crippen LogP contribution in [0, 0.1) is 24.4 Å². The summed E-state index contributed by atoms with van der Waals surface area (Å²) >= 11 is 6.34. The molecule has 3 heterocycles. The Hall–Kier alpha value is -4.18. The predicted octanol–water partition coefficient (Wildman–Crippen LogP) is 7.17. The molecule has 11 heteroatoms. The van der Waals surface area contributed by atoms with Gasteiger partial charge in [-0.2, -0.15) is 0 Å². The summed E-state index contributed by atoms with van der Waals surface area (Å²) in [6, 6.07) is 10.5. The van der Waals surface area contributed by atoms with Gasteiger partial charge in [0.2, 0.25) is 5.95 Å². The van der Waals surface area contributed by atoms with Crippen molar-refractivity contribution in [3.63, 3.8) is 0 Å². The van der Waals surface area contributed by atoms with Gasteiger partial charge in [-0.25, -0.2) is 28.1 Å². The SMILES string of the molecule is Cc1nc2c(F)cc(-c3nc(Nc4ccc(OCc5ncccc5F)c(Cl)c4)ncc3F)cc2n1C(C)C. The summed E-state index contributed by atoms with van der Waals surface area (Å²) in [7, 11) is 0. The molecule has 0 saturated heterocycles. The van der Waals surface area contributed by atoms with Crippen LogP contribution in [0.2, 0.25) is 5.02 Å². The molecule has 7 nitrogen and oxygen atoms in total. The van der Waals surface area contributed by atoms with Gasteiger partial charge in [-0.3, -0.25) is 4.98 Å². The third kappa shape index (κ3) is 4.99. The molecule has 0 atom stereocenters. The minimum Gasteiger partial charge on any atom is -0.486 e. The number of halogens is 4. The lowest BCUT2D eigenvalue weighted by Crippen LogP contribution is -2.04. The van der Waals surface area contributed by atoms with Crippen molar-refractivity contribution in [3.05, 3.63) is 88.9 Å². The van der Waals surface area contributed by atoms with Gasteiger partial charge in [-0.15, -0.1) is 0 Å². The van der Waals surface area contributed by atoms with Crippen molar-refractivity contribution < 1.29 is 17.9 Å². The summed E-state index contributed by atoms with van der Waals surface area (Å²) in [5, 5.41) is 3.21. The van der Waals surface area contributed by atoms with Gasteiger partial charge in [0.05, 0.1) is 16.7 Å². The Morgan fingerprint density at radius 3 is 2.55 bits per heavy atom. The van der Waals surface area contributed by atoms with Gasteiger partial charge in [-0.05, 0) is 63.2 Å². The second-order valence-electron chi connectivity index (χ2n) is 8.83. The molecule has 2 aromatic carbocycles. The number of nitrogens with one attached hydrogen (secondary N) is 1. The Kier molecular flexibility index (Phi) is 6.90. The van der Waals surface area contributed by atoms with Gasteiger partial charge in [0.1, 0.15) is 40.9 Å². The van der Waals surface area contributed by atoms with E-state index in [0.717, 1.165) is 6.20 Å². The molecule has 194 valence electrons. The lowest BCUT2D eigenvalue weighted by atomic mass is 10.1.